The monoisotopic (exact) mass is 343 g/mol. The summed E-state index contributed by atoms with van der Waals surface area (Å²) in [5.41, 5.74) is 1.64. The molecular formula is C17H27F2N3O2. The SMILES string of the molecule is Cc1nn(CC(F)F)cc1CN1C[C@H](C(=O)O)C[C@H](C(C)(C)C)C1. The Hall–Kier alpha value is -1.50. The first-order chi connectivity index (χ1) is 11.1. The van der Waals surface area contributed by atoms with Crippen LogP contribution in [0, 0.1) is 24.2 Å². The molecule has 0 unspecified atom stereocenters. The minimum absolute atomic E-state index is 0.0290. The van der Waals surface area contributed by atoms with Crippen molar-refractivity contribution in [2.75, 3.05) is 13.1 Å². The molecule has 24 heavy (non-hydrogen) atoms. The van der Waals surface area contributed by atoms with Crippen LogP contribution in [0.2, 0.25) is 0 Å². The van der Waals surface area contributed by atoms with Gasteiger partial charge >= 0.3 is 5.97 Å². The van der Waals surface area contributed by atoms with E-state index in [0.29, 0.717) is 19.5 Å². The number of carboxylic acid groups (broad SMARTS) is 1. The van der Waals surface area contributed by atoms with Gasteiger partial charge in [0.05, 0.1) is 11.6 Å². The number of aliphatic carboxylic acids is 1. The Kier molecular flexibility index (Phi) is 5.63. The van der Waals surface area contributed by atoms with Gasteiger partial charge in [-0.15, -0.1) is 0 Å². The number of hydrogen-bond donors (Lipinski definition) is 1. The average molecular weight is 343 g/mol. The second-order valence-corrected chi connectivity index (χ2v) is 7.88. The molecule has 0 saturated carbocycles. The zero-order chi connectivity index (χ0) is 18.1. The lowest BCUT2D eigenvalue weighted by Gasteiger charge is -2.42. The van der Waals surface area contributed by atoms with Crippen molar-refractivity contribution in [1.82, 2.24) is 14.7 Å². The van der Waals surface area contributed by atoms with Crippen molar-refractivity contribution in [3.05, 3.63) is 17.5 Å². The van der Waals surface area contributed by atoms with Gasteiger partial charge in [-0.05, 0) is 24.7 Å². The van der Waals surface area contributed by atoms with Gasteiger partial charge in [0.2, 0.25) is 0 Å². The number of carbonyl (C=O) groups is 1. The first-order valence-electron chi connectivity index (χ1n) is 8.32. The van der Waals surface area contributed by atoms with Crippen LogP contribution in [0.4, 0.5) is 8.78 Å². The fourth-order valence-electron chi connectivity index (χ4n) is 3.32. The van der Waals surface area contributed by atoms with Gasteiger partial charge in [-0.3, -0.25) is 14.4 Å². The quantitative estimate of drug-likeness (QED) is 0.893. The molecule has 0 amide bonds. The lowest BCUT2D eigenvalue weighted by Crippen LogP contribution is -2.46. The largest absolute Gasteiger partial charge is 0.481 e. The van der Waals surface area contributed by atoms with Crippen molar-refractivity contribution in [1.29, 1.82) is 0 Å². The van der Waals surface area contributed by atoms with E-state index in [1.54, 1.807) is 13.1 Å². The highest BCUT2D eigenvalue weighted by molar-refractivity contribution is 5.70. The number of carboxylic acids is 1. The number of piperidine rings is 1. The number of halogens is 2. The summed E-state index contributed by atoms with van der Waals surface area (Å²) in [7, 11) is 0. The highest BCUT2D eigenvalue weighted by Gasteiger charge is 2.37. The Bertz CT molecular complexity index is 581. The van der Waals surface area contributed by atoms with Gasteiger partial charge in [-0.25, -0.2) is 8.78 Å². The Balaban J connectivity index is 2.12. The van der Waals surface area contributed by atoms with Crippen LogP contribution in [-0.2, 0) is 17.9 Å². The Morgan fingerprint density at radius 2 is 2.08 bits per heavy atom. The van der Waals surface area contributed by atoms with Crippen LogP contribution in [-0.4, -0.2) is 45.3 Å². The molecule has 7 heteroatoms. The molecule has 1 aliphatic rings. The van der Waals surface area contributed by atoms with Gasteiger partial charge < -0.3 is 5.11 Å². The zero-order valence-electron chi connectivity index (χ0n) is 14.8. The second kappa shape index (κ2) is 7.17. The Morgan fingerprint density at radius 1 is 1.42 bits per heavy atom. The smallest absolute Gasteiger partial charge is 0.307 e. The molecule has 1 aliphatic heterocycles. The molecule has 0 bridgehead atoms. The molecule has 1 N–H and O–H groups in total. The predicted octanol–water partition coefficient (Wildman–Crippen LogP) is 3.03. The van der Waals surface area contributed by atoms with Gasteiger partial charge in [-0.2, -0.15) is 5.10 Å². The minimum atomic E-state index is -2.44. The molecule has 2 atom stereocenters. The Morgan fingerprint density at radius 3 is 2.62 bits per heavy atom. The van der Waals surface area contributed by atoms with Gasteiger partial charge in [-0.1, -0.05) is 20.8 Å². The van der Waals surface area contributed by atoms with E-state index in [2.05, 4.69) is 30.8 Å². The van der Waals surface area contributed by atoms with Crippen LogP contribution in [0.1, 0.15) is 38.4 Å². The summed E-state index contributed by atoms with van der Waals surface area (Å²) in [4.78, 5) is 13.6. The normalized spacial score (nSPS) is 23.0. The third kappa shape index (κ3) is 4.75. The molecule has 2 heterocycles. The maximum Gasteiger partial charge on any atom is 0.307 e. The maximum absolute atomic E-state index is 12.5. The Labute approximate surface area is 141 Å². The predicted molar refractivity (Wildman–Crippen MR) is 86.9 cm³/mol. The van der Waals surface area contributed by atoms with E-state index in [1.165, 1.54) is 4.68 Å². The third-order valence-electron chi connectivity index (χ3n) is 4.87. The van der Waals surface area contributed by atoms with E-state index in [4.69, 9.17) is 0 Å². The molecule has 2 rings (SSSR count). The van der Waals surface area contributed by atoms with Crippen molar-refractivity contribution in [3.8, 4) is 0 Å². The zero-order valence-corrected chi connectivity index (χ0v) is 14.8. The molecule has 0 aliphatic carbocycles. The van der Waals surface area contributed by atoms with E-state index >= 15 is 0 Å². The van der Waals surface area contributed by atoms with Gasteiger partial charge in [0, 0.05) is 31.4 Å². The van der Waals surface area contributed by atoms with Crippen LogP contribution in [0.5, 0.6) is 0 Å². The van der Waals surface area contributed by atoms with Crippen molar-refractivity contribution >= 4 is 5.97 Å². The topological polar surface area (TPSA) is 58.4 Å². The number of likely N-dealkylation sites (tertiary alicyclic amines) is 1. The van der Waals surface area contributed by atoms with Gasteiger partial charge in [0.1, 0.15) is 6.54 Å². The molecule has 1 fully saturated rings. The summed E-state index contributed by atoms with van der Waals surface area (Å²) < 4.78 is 26.3. The molecule has 1 aromatic rings. The van der Waals surface area contributed by atoms with E-state index in [0.717, 1.165) is 17.8 Å². The van der Waals surface area contributed by atoms with Crippen molar-refractivity contribution in [2.24, 2.45) is 17.3 Å². The summed E-state index contributed by atoms with van der Waals surface area (Å²) in [6, 6.07) is 0. The van der Waals surface area contributed by atoms with Crippen LogP contribution in [0.3, 0.4) is 0 Å². The van der Waals surface area contributed by atoms with E-state index < -0.39 is 18.9 Å². The first-order valence-corrected chi connectivity index (χ1v) is 8.32. The summed E-state index contributed by atoms with van der Waals surface area (Å²) in [6.07, 6.45) is -0.106. The molecule has 0 aromatic carbocycles. The molecule has 0 radical (unpaired) electrons. The summed E-state index contributed by atoms with van der Waals surface area (Å²) in [5, 5.41) is 13.6. The molecule has 1 saturated heterocycles. The summed E-state index contributed by atoms with van der Waals surface area (Å²) in [5.74, 6) is -0.873. The first kappa shape index (κ1) is 18.8. The van der Waals surface area contributed by atoms with Crippen molar-refractivity contribution < 1.29 is 18.7 Å². The van der Waals surface area contributed by atoms with Crippen molar-refractivity contribution in [2.45, 2.75) is 53.6 Å². The third-order valence-corrected chi connectivity index (χ3v) is 4.87. The molecule has 0 spiro atoms. The highest BCUT2D eigenvalue weighted by atomic mass is 19.3. The molecular weight excluding hydrogens is 316 g/mol. The van der Waals surface area contributed by atoms with Crippen LogP contribution < -0.4 is 0 Å². The van der Waals surface area contributed by atoms with Gasteiger partial charge in [0.15, 0.2) is 0 Å². The standard InChI is InChI=1S/C17H27F2N3O2/c1-11-13(8-22(20-11)10-15(18)19)7-21-6-12(16(23)24)5-14(9-21)17(2,3)4/h8,12,14-15H,5-7,9-10H2,1-4H3,(H,23,24)/t12-,14+/m1/s1. The lowest BCUT2D eigenvalue weighted by molar-refractivity contribution is -0.145. The number of aryl methyl sites for hydroxylation is 1. The van der Waals surface area contributed by atoms with E-state index in [1.807, 2.05) is 0 Å². The van der Waals surface area contributed by atoms with Crippen LogP contribution in [0.25, 0.3) is 0 Å². The van der Waals surface area contributed by atoms with Gasteiger partial charge in [0.25, 0.3) is 6.43 Å². The summed E-state index contributed by atoms with van der Waals surface area (Å²) >= 11 is 0. The number of aromatic nitrogens is 2. The average Bonchev–Trinajstić information content (AvgIpc) is 2.76. The molecule has 1 aromatic heterocycles. The number of nitrogens with zero attached hydrogens (tertiary/aromatic N) is 3. The van der Waals surface area contributed by atoms with Crippen molar-refractivity contribution in [3.63, 3.8) is 0 Å². The summed E-state index contributed by atoms with van der Waals surface area (Å²) in [6.45, 7) is 9.63. The molecule has 5 nitrogen and oxygen atoms in total. The molecule has 136 valence electrons. The number of alkyl halides is 2. The van der Waals surface area contributed by atoms with Crippen LogP contribution in [0.15, 0.2) is 6.20 Å². The number of hydrogen-bond acceptors (Lipinski definition) is 3. The minimum Gasteiger partial charge on any atom is -0.481 e. The van der Waals surface area contributed by atoms with E-state index in [9.17, 15) is 18.7 Å². The van der Waals surface area contributed by atoms with Crippen LogP contribution >= 0.6 is 0 Å². The highest BCUT2D eigenvalue weighted by Crippen LogP contribution is 2.36. The number of rotatable bonds is 5. The lowest BCUT2D eigenvalue weighted by atomic mass is 9.73. The maximum atomic E-state index is 12.5. The second-order valence-electron chi connectivity index (χ2n) is 7.88. The fourth-order valence-corrected chi connectivity index (χ4v) is 3.32. The van der Waals surface area contributed by atoms with E-state index in [-0.39, 0.29) is 17.3 Å². The fraction of sp³-hybridized carbons (Fsp3) is 0.765.